The zero-order valence-electron chi connectivity index (χ0n) is 16.8. The van der Waals surface area contributed by atoms with Crippen molar-refractivity contribution in [1.29, 1.82) is 0 Å². The summed E-state index contributed by atoms with van der Waals surface area (Å²) in [7, 11) is -2.65. The second kappa shape index (κ2) is 7.40. The molecule has 1 heterocycles. The molecule has 0 amide bonds. The molecule has 5 nitrogen and oxygen atoms in total. The molecule has 0 spiro atoms. The highest BCUT2D eigenvalue weighted by atomic mass is 31.2. The van der Waals surface area contributed by atoms with Gasteiger partial charge in [-0.15, -0.1) is 0 Å². The highest BCUT2D eigenvalue weighted by Gasteiger charge is 2.18. The Balaban J connectivity index is 1.73. The summed E-state index contributed by atoms with van der Waals surface area (Å²) in [4.78, 5) is 19.1. The van der Waals surface area contributed by atoms with Gasteiger partial charge in [0.1, 0.15) is 5.75 Å². The lowest BCUT2D eigenvalue weighted by molar-refractivity contribution is 0.387. The maximum atomic E-state index is 11.7. The van der Waals surface area contributed by atoms with Crippen LogP contribution >= 0.6 is 7.60 Å². The molecule has 31 heavy (non-hydrogen) atoms. The molecule has 0 fully saturated rings. The number of hydrogen-bond acceptors (Lipinski definition) is 2. The third-order valence-electron chi connectivity index (χ3n) is 5.50. The Morgan fingerprint density at radius 1 is 0.742 bits per heavy atom. The predicted octanol–water partition coefficient (Wildman–Crippen LogP) is 5.26. The maximum absolute atomic E-state index is 11.7. The second-order valence-corrected chi connectivity index (χ2v) is 8.98. The Hall–Kier alpha value is -3.37. The van der Waals surface area contributed by atoms with Gasteiger partial charge in [-0.2, -0.15) is 0 Å². The molecular formula is C25H20NO4P. The van der Waals surface area contributed by atoms with Crippen LogP contribution < -0.4 is 10.0 Å². The first kappa shape index (κ1) is 19.6. The fourth-order valence-corrected chi connectivity index (χ4v) is 4.64. The van der Waals surface area contributed by atoms with E-state index >= 15 is 0 Å². The van der Waals surface area contributed by atoms with Crippen LogP contribution in [-0.4, -0.2) is 21.5 Å². The van der Waals surface area contributed by atoms with Crippen LogP contribution in [0.25, 0.3) is 38.6 Å². The largest absolute Gasteiger partial charge is 0.497 e. The second-order valence-electron chi connectivity index (χ2n) is 7.38. The number of rotatable bonds is 4. The van der Waals surface area contributed by atoms with Gasteiger partial charge in [0.15, 0.2) is 0 Å². The van der Waals surface area contributed by atoms with Crippen molar-refractivity contribution < 1.29 is 19.1 Å². The summed E-state index contributed by atoms with van der Waals surface area (Å²) < 4.78 is 19.3. The van der Waals surface area contributed by atoms with Crippen LogP contribution in [0.2, 0.25) is 0 Å². The summed E-state index contributed by atoms with van der Waals surface area (Å²) in [6.07, 6.45) is 0. The van der Waals surface area contributed by atoms with Crippen molar-refractivity contribution in [2.45, 2.75) is 0 Å². The van der Waals surface area contributed by atoms with E-state index in [4.69, 9.17) is 4.74 Å². The first-order valence-electron chi connectivity index (χ1n) is 9.80. The van der Waals surface area contributed by atoms with E-state index < -0.39 is 7.60 Å². The summed E-state index contributed by atoms with van der Waals surface area (Å²) in [5.41, 5.74) is 4.74. The molecule has 0 saturated heterocycles. The lowest BCUT2D eigenvalue weighted by Gasteiger charge is -2.11. The van der Waals surface area contributed by atoms with Gasteiger partial charge in [0.2, 0.25) is 0 Å². The van der Waals surface area contributed by atoms with E-state index in [1.807, 2.05) is 54.6 Å². The number of ether oxygens (including phenoxy) is 1. The van der Waals surface area contributed by atoms with Gasteiger partial charge >= 0.3 is 7.60 Å². The molecule has 0 radical (unpaired) electrons. The first-order valence-corrected chi connectivity index (χ1v) is 11.4. The average molecular weight is 429 g/mol. The molecule has 0 aliphatic heterocycles. The minimum Gasteiger partial charge on any atom is -0.497 e. The quantitative estimate of drug-likeness (QED) is 0.382. The minimum absolute atomic E-state index is 0.0133. The topological polar surface area (TPSA) is 71.7 Å². The van der Waals surface area contributed by atoms with E-state index in [0.717, 1.165) is 44.4 Å². The van der Waals surface area contributed by atoms with E-state index in [2.05, 4.69) is 22.8 Å². The Morgan fingerprint density at radius 2 is 1.45 bits per heavy atom. The fourth-order valence-electron chi connectivity index (χ4n) is 4.05. The van der Waals surface area contributed by atoms with Crippen molar-refractivity contribution in [1.82, 2.24) is 4.57 Å². The number of nitrogens with zero attached hydrogens (tertiary/aromatic N) is 1. The van der Waals surface area contributed by atoms with Gasteiger partial charge in [0, 0.05) is 16.5 Å². The van der Waals surface area contributed by atoms with Gasteiger partial charge in [-0.25, -0.2) is 0 Å². The van der Waals surface area contributed by atoms with Gasteiger partial charge < -0.3 is 19.1 Å². The van der Waals surface area contributed by atoms with Crippen LogP contribution in [0, 0.1) is 0 Å². The summed E-state index contributed by atoms with van der Waals surface area (Å²) in [6, 6.07) is 28.8. The third-order valence-corrected chi connectivity index (χ3v) is 6.45. The van der Waals surface area contributed by atoms with Crippen molar-refractivity contribution in [3.8, 4) is 22.6 Å². The van der Waals surface area contributed by atoms with Crippen LogP contribution in [0.5, 0.6) is 5.75 Å². The summed E-state index contributed by atoms with van der Waals surface area (Å²) in [5, 5.41) is 2.24. The number of para-hydroxylation sites is 1. The van der Waals surface area contributed by atoms with E-state index in [1.54, 1.807) is 19.2 Å². The molecule has 5 rings (SSSR count). The van der Waals surface area contributed by atoms with E-state index in [-0.39, 0.29) is 5.30 Å². The van der Waals surface area contributed by atoms with Gasteiger partial charge in [0.25, 0.3) is 0 Å². The first-order chi connectivity index (χ1) is 15.0. The molecule has 2 N–H and O–H groups in total. The average Bonchev–Trinajstić information content (AvgIpc) is 3.12. The molecule has 4 aromatic carbocycles. The highest BCUT2D eigenvalue weighted by Crippen LogP contribution is 2.36. The molecular weight excluding hydrogens is 409 g/mol. The molecule has 0 bridgehead atoms. The number of methoxy groups -OCH3 is 1. The van der Waals surface area contributed by atoms with E-state index in [0.29, 0.717) is 0 Å². The monoisotopic (exact) mass is 429 g/mol. The van der Waals surface area contributed by atoms with Crippen molar-refractivity contribution in [2.24, 2.45) is 0 Å². The van der Waals surface area contributed by atoms with Crippen molar-refractivity contribution in [3.63, 3.8) is 0 Å². The van der Waals surface area contributed by atoms with Crippen molar-refractivity contribution in [3.05, 3.63) is 91.0 Å². The lowest BCUT2D eigenvalue weighted by Crippen LogP contribution is -2.03. The normalized spacial score (nSPS) is 11.8. The van der Waals surface area contributed by atoms with Gasteiger partial charge in [0.05, 0.1) is 23.4 Å². The molecule has 0 aliphatic carbocycles. The molecule has 0 unspecified atom stereocenters. The van der Waals surface area contributed by atoms with Crippen LogP contribution in [-0.2, 0) is 4.57 Å². The number of benzene rings is 4. The molecule has 0 atom stereocenters. The van der Waals surface area contributed by atoms with Crippen LogP contribution in [0.1, 0.15) is 0 Å². The molecule has 0 saturated carbocycles. The SMILES string of the molecule is COc1ccc2c(c1)c1ccccc1n2-c1cccc(-c2cccc(P(=O)(O)O)c2)c1. The van der Waals surface area contributed by atoms with Gasteiger partial charge in [-0.1, -0.05) is 42.5 Å². The summed E-state index contributed by atoms with van der Waals surface area (Å²) in [6.45, 7) is 0. The van der Waals surface area contributed by atoms with Crippen LogP contribution in [0.15, 0.2) is 91.0 Å². The number of fused-ring (bicyclic) bond motifs is 3. The zero-order chi connectivity index (χ0) is 21.6. The van der Waals surface area contributed by atoms with Gasteiger partial charge in [-0.05, 0) is 59.7 Å². The third kappa shape index (κ3) is 3.43. The zero-order valence-corrected chi connectivity index (χ0v) is 17.7. The predicted molar refractivity (Wildman–Crippen MR) is 124 cm³/mol. The Kier molecular flexibility index (Phi) is 4.67. The van der Waals surface area contributed by atoms with E-state index in [9.17, 15) is 14.4 Å². The minimum atomic E-state index is -4.32. The van der Waals surface area contributed by atoms with Crippen LogP contribution in [0.4, 0.5) is 0 Å². The standard InChI is InChI=1S/C25H20NO4P/c1-30-20-12-13-25-23(16-20)22-10-2-3-11-24(22)26(25)19-8-4-6-17(14-19)18-7-5-9-21(15-18)31(27,28)29/h2-16H,1H3,(H2,27,28,29). The molecule has 6 heteroatoms. The molecule has 0 aliphatic rings. The molecule has 154 valence electrons. The van der Waals surface area contributed by atoms with Crippen molar-refractivity contribution >= 4 is 34.7 Å². The Bertz CT molecular complexity index is 1480. The maximum Gasteiger partial charge on any atom is 0.356 e. The summed E-state index contributed by atoms with van der Waals surface area (Å²) in [5.74, 6) is 0.804. The van der Waals surface area contributed by atoms with Gasteiger partial charge in [-0.3, -0.25) is 4.57 Å². The van der Waals surface area contributed by atoms with Crippen LogP contribution in [0.3, 0.4) is 0 Å². The smallest absolute Gasteiger partial charge is 0.356 e. The lowest BCUT2D eigenvalue weighted by atomic mass is 10.1. The summed E-state index contributed by atoms with van der Waals surface area (Å²) >= 11 is 0. The highest BCUT2D eigenvalue weighted by molar-refractivity contribution is 7.60. The number of hydrogen-bond donors (Lipinski definition) is 2. The van der Waals surface area contributed by atoms with Crippen molar-refractivity contribution in [2.75, 3.05) is 7.11 Å². The number of aromatic nitrogens is 1. The molecule has 5 aromatic rings. The fraction of sp³-hybridized carbons (Fsp3) is 0.0400. The Morgan fingerprint density at radius 3 is 2.23 bits per heavy atom. The Labute approximate surface area is 179 Å². The van der Waals surface area contributed by atoms with E-state index in [1.165, 1.54) is 6.07 Å². The molecule has 1 aromatic heterocycles.